The minimum absolute atomic E-state index is 0.347. The van der Waals surface area contributed by atoms with E-state index in [0.29, 0.717) is 11.9 Å². The molecule has 0 saturated heterocycles. The topological polar surface area (TPSA) is 24.9 Å². The summed E-state index contributed by atoms with van der Waals surface area (Å²) in [4.78, 5) is 3.72. The van der Waals surface area contributed by atoms with Gasteiger partial charge in [-0.1, -0.05) is 19.4 Å². The summed E-state index contributed by atoms with van der Waals surface area (Å²) in [5.41, 5.74) is 0. The van der Waals surface area contributed by atoms with Crippen LogP contribution in [0.3, 0.4) is 0 Å². The molecule has 0 aromatic carbocycles. The lowest BCUT2D eigenvalue weighted by Crippen LogP contribution is -2.15. The lowest BCUT2D eigenvalue weighted by molar-refractivity contribution is 0.583. The first-order chi connectivity index (χ1) is 6.22. The lowest BCUT2D eigenvalue weighted by Gasteiger charge is -2.12. The van der Waals surface area contributed by atoms with Crippen LogP contribution in [-0.2, 0) is 0 Å². The third-order valence-corrected chi connectivity index (χ3v) is 1.83. The normalized spacial score (nSPS) is 12.5. The molecule has 0 amide bonds. The van der Waals surface area contributed by atoms with Gasteiger partial charge < -0.3 is 5.32 Å². The van der Waals surface area contributed by atoms with Crippen molar-refractivity contribution in [2.24, 2.45) is 0 Å². The van der Waals surface area contributed by atoms with E-state index in [4.69, 9.17) is 0 Å². The molecule has 0 saturated carbocycles. The molecule has 0 aliphatic heterocycles. The quantitative estimate of drug-likeness (QED) is 0.724. The van der Waals surface area contributed by atoms with Crippen LogP contribution in [0.25, 0.3) is 0 Å². The molecule has 0 aliphatic carbocycles. The van der Waals surface area contributed by atoms with Gasteiger partial charge in [-0.25, -0.2) is 4.98 Å². The predicted molar refractivity (Wildman–Crippen MR) is 52.2 cm³/mol. The van der Waals surface area contributed by atoms with Crippen LogP contribution in [0.15, 0.2) is 18.2 Å². The molecule has 0 aliphatic rings. The van der Waals surface area contributed by atoms with E-state index in [0.717, 1.165) is 12.8 Å². The van der Waals surface area contributed by atoms with Crippen molar-refractivity contribution in [3.8, 4) is 0 Å². The molecular weight excluding hydrogens is 167 g/mol. The minimum atomic E-state index is -0.436. The Kier molecular flexibility index (Phi) is 3.68. The smallest absolute Gasteiger partial charge is 0.214 e. The van der Waals surface area contributed by atoms with E-state index in [1.165, 1.54) is 6.07 Å². The number of anilines is 1. The van der Waals surface area contributed by atoms with Crippen molar-refractivity contribution in [1.29, 1.82) is 0 Å². The molecular formula is C10H15FN2. The lowest BCUT2D eigenvalue weighted by atomic mass is 10.2. The molecule has 1 heterocycles. The maximum absolute atomic E-state index is 12.7. The van der Waals surface area contributed by atoms with Gasteiger partial charge in [0, 0.05) is 6.04 Å². The van der Waals surface area contributed by atoms with Crippen molar-refractivity contribution in [2.75, 3.05) is 5.32 Å². The molecule has 2 nitrogen and oxygen atoms in total. The molecule has 13 heavy (non-hydrogen) atoms. The highest BCUT2D eigenvalue weighted by molar-refractivity contribution is 5.34. The summed E-state index contributed by atoms with van der Waals surface area (Å²) in [5, 5.41) is 3.13. The first-order valence-corrected chi connectivity index (χ1v) is 4.61. The van der Waals surface area contributed by atoms with Gasteiger partial charge in [0.05, 0.1) is 0 Å². The molecule has 1 unspecified atom stereocenters. The third kappa shape index (κ3) is 3.40. The van der Waals surface area contributed by atoms with E-state index in [9.17, 15) is 4.39 Å². The molecule has 1 rings (SSSR count). The Morgan fingerprint density at radius 2 is 2.31 bits per heavy atom. The average molecular weight is 182 g/mol. The minimum Gasteiger partial charge on any atom is -0.368 e. The van der Waals surface area contributed by atoms with Crippen LogP contribution in [0, 0.1) is 5.95 Å². The van der Waals surface area contributed by atoms with Crippen LogP contribution < -0.4 is 5.32 Å². The van der Waals surface area contributed by atoms with Crippen molar-refractivity contribution >= 4 is 5.82 Å². The SMILES string of the molecule is CCCC(C)Nc1cccc(F)n1. The summed E-state index contributed by atoms with van der Waals surface area (Å²) in [7, 11) is 0. The number of halogens is 1. The average Bonchev–Trinajstić information content (AvgIpc) is 2.04. The van der Waals surface area contributed by atoms with Crippen LogP contribution in [0.5, 0.6) is 0 Å². The molecule has 1 atom stereocenters. The fourth-order valence-electron chi connectivity index (χ4n) is 1.25. The van der Waals surface area contributed by atoms with E-state index in [-0.39, 0.29) is 0 Å². The number of aromatic nitrogens is 1. The number of nitrogens with zero attached hydrogens (tertiary/aromatic N) is 1. The molecule has 72 valence electrons. The van der Waals surface area contributed by atoms with Crippen molar-refractivity contribution in [2.45, 2.75) is 32.7 Å². The number of nitrogens with one attached hydrogen (secondary N) is 1. The first-order valence-electron chi connectivity index (χ1n) is 4.61. The van der Waals surface area contributed by atoms with Gasteiger partial charge in [-0.15, -0.1) is 0 Å². The monoisotopic (exact) mass is 182 g/mol. The summed E-state index contributed by atoms with van der Waals surface area (Å²) in [6.45, 7) is 4.19. The molecule has 1 N–H and O–H groups in total. The summed E-state index contributed by atoms with van der Waals surface area (Å²) in [6.07, 6.45) is 2.18. The maximum atomic E-state index is 12.7. The second-order valence-corrected chi connectivity index (χ2v) is 3.18. The second-order valence-electron chi connectivity index (χ2n) is 3.18. The van der Waals surface area contributed by atoms with E-state index < -0.39 is 5.95 Å². The summed E-state index contributed by atoms with van der Waals surface area (Å²) in [6, 6.07) is 5.12. The number of rotatable bonds is 4. The van der Waals surface area contributed by atoms with Crippen molar-refractivity contribution in [3.63, 3.8) is 0 Å². The molecule has 0 fully saturated rings. The van der Waals surface area contributed by atoms with Gasteiger partial charge in [-0.3, -0.25) is 0 Å². The van der Waals surface area contributed by atoms with Gasteiger partial charge in [0.15, 0.2) is 0 Å². The van der Waals surface area contributed by atoms with Gasteiger partial charge in [0.25, 0.3) is 0 Å². The van der Waals surface area contributed by atoms with Crippen LogP contribution in [0.4, 0.5) is 10.2 Å². The van der Waals surface area contributed by atoms with Gasteiger partial charge >= 0.3 is 0 Å². The van der Waals surface area contributed by atoms with Crippen LogP contribution >= 0.6 is 0 Å². The predicted octanol–water partition coefficient (Wildman–Crippen LogP) is 2.82. The Balaban J connectivity index is 2.53. The van der Waals surface area contributed by atoms with Crippen molar-refractivity contribution in [1.82, 2.24) is 4.98 Å². The number of pyridine rings is 1. The summed E-state index contributed by atoms with van der Waals surface area (Å²) >= 11 is 0. The van der Waals surface area contributed by atoms with Gasteiger partial charge in [-0.05, 0) is 25.5 Å². The van der Waals surface area contributed by atoms with E-state index >= 15 is 0 Å². The Labute approximate surface area is 78.2 Å². The molecule has 3 heteroatoms. The van der Waals surface area contributed by atoms with Crippen molar-refractivity contribution in [3.05, 3.63) is 24.1 Å². The highest BCUT2D eigenvalue weighted by atomic mass is 19.1. The van der Waals surface area contributed by atoms with E-state index in [1.54, 1.807) is 12.1 Å². The van der Waals surface area contributed by atoms with Crippen LogP contribution in [0.1, 0.15) is 26.7 Å². The Morgan fingerprint density at radius 3 is 2.92 bits per heavy atom. The van der Waals surface area contributed by atoms with Gasteiger partial charge in [0.1, 0.15) is 5.82 Å². The second kappa shape index (κ2) is 4.80. The third-order valence-electron chi connectivity index (χ3n) is 1.83. The van der Waals surface area contributed by atoms with Crippen molar-refractivity contribution < 1.29 is 4.39 Å². The molecule has 0 spiro atoms. The summed E-state index contributed by atoms with van der Waals surface area (Å²) in [5.74, 6) is 0.176. The van der Waals surface area contributed by atoms with Gasteiger partial charge in [0.2, 0.25) is 5.95 Å². The van der Waals surface area contributed by atoms with Gasteiger partial charge in [-0.2, -0.15) is 4.39 Å². The highest BCUT2D eigenvalue weighted by Gasteiger charge is 2.01. The number of hydrogen-bond donors (Lipinski definition) is 1. The zero-order valence-corrected chi connectivity index (χ0v) is 8.05. The zero-order valence-electron chi connectivity index (χ0n) is 8.05. The molecule has 1 aromatic rings. The standard InChI is InChI=1S/C10H15FN2/c1-3-5-8(2)12-10-7-4-6-9(11)13-10/h4,6-8H,3,5H2,1-2H3,(H,12,13). The summed E-state index contributed by atoms with van der Waals surface area (Å²) < 4.78 is 12.7. The highest BCUT2D eigenvalue weighted by Crippen LogP contribution is 2.07. The van der Waals surface area contributed by atoms with Crippen LogP contribution in [-0.4, -0.2) is 11.0 Å². The molecule has 0 radical (unpaired) electrons. The maximum Gasteiger partial charge on any atom is 0.214 e. The van der Waals surface area contributed by atoms with Crippen LogP contribution in [0.2, 0.25) is 0 Å². The number of hydrogen-bond acceptors (Lipinski definition) is 2. The Morgan fingerprint density at radius 1 is 1.54 bits per heavy atom. The van der Waals surface area contributed by atoms with E-state index in [1.807, 2.05) is 0 Å². The fraction of sp³-hybridized carbons (Fsp3) is 0.500. The Bertz CT molecular complexity index is 263. The fourth-order valence-corrected chi connectivity index (χ4v) is 1.25. The largest absolute Gasteiger partial charge is 0.368 e. The molecule has 0 bridgehead atoms. The van der Waals surface area contributed by atoms with E-state index in [2.05, 4.69) is 24.1 Å². The molecule has 1 aromatic heterocycles. The first kappa shape index (κ1) is 9.96. The Hall–Kier alpha value is -1.12. The zero-order chi connectivity index (χ0) is 9.68.